The quantitative estimate of drug-likeness (QED) is 0.555. The van der Waals surface area contributed by atoms with E-state index >= 15 is 0 Å². The van der Waals surface area contributed by atoms with Gasteiger partial charge in [-0.2, -0.15) is 0 Å². The molecule has 1 rings (SSSR count). The number of hydrogen-bond acceptors (Lipinski definition) is 2. The number of carboxylic acid groups (broad SMARTS) is 1. The Morgan fingerprint density at radius 1 is 1.70 bits per heavy atom. The third-order valence-electron chi connectivity index (χ3n) is 2.10. The van der Waals surface area contributed by atoms with E-state index in [4.69, 9.17) is 5.11 Å². The van der Waals surface area contributed by atoms with Gasteiger partial charge in [0.05, 0.1) is 5.92 Å². The van der Waals surface area contributed by atoms with E-state index in [1.807, 2.05) is 6.92 Å². The molecule has 3 heteroatoms. The van der Waals surface area contributed by atoms with Crippen molar-refractivity contribution in [1.29, 1.82) is 0 Å². The summed E-state index contributed by atoms with van der Waals surface area (Å²) in [6.45, 7) is 3.67. The molecule has 0 aliphatic carbocycles. The second-order valence-corrected chi connectivity index (χ2v) is 2.91. The standard InChI is InChI=1S/C7H13NO2/c1-5-4-8-3-2-6(5)7(9)10/h5-6,8H,2-4H2,1H3,(H,9,10)/t5?,6-/m0/s1. The van der Waals surface area contributed by atoms with Gasteiger partial charge in [-0.15, -0.1) is 0 Å². The average molecular weight is 143 g/mol. The minimum Gasteiger partial charge on any atom is -0.481 e. The molecule has 10 heavy (non-hydrogen) atoms. The lowest BCUT2D eigenvalue weighted by molar-refractivity contribution is -0.144. The lowest BCUT2D eigenvalue weighted by Gasteiger charge is -2.25. The molecule has 58 valence electrons. The number of piperidine rings is 1. The maximum absolute atomic E-state index is 10.5. The van der Waals surface area contributed by atoms with Gasteiger partial charge in [-0.25, -0.2) is 0 Å². The molecule has 2 atom stereocenters. The molecule has 0 amide bonds. The first-order valence-electron chi connectivity index (χ1n) is 3.65. The van der Waals surface area contributed by atoms with E-state index in [0.717, 1.165) is 19.5 Å². The predicted molar refractivity (Wildman–Crippen MR) is 37.8 cm³/mol. The van der Waals surface area contributed by atoms with E-state index in [1.165, 1.54) is 0 Å². The number of carboxylic acids is 1. The Kier molecular flexibility index (Phi) is 2.27. The number of rotatable bonds is 1. The van der Waals surface area contributed by atoms with E-state index in [0.29, 0.717) is 0 Å². The molecule has 2 N–H and O–H groups in total. The maximum atomic E-state index is 10.5. The highest BCUT2D eigenvalue weighted by molar-refractivity contribution is 5.70. The van der Waals surface area contributed by atoms with Gasteiger partial charge in [0.2, 0.25) is 0 Å². The molecule has 1 unspecified atom stereocenters. The maximum Gasteiger partial charge on any atom is 0.306 e. The molecule has 1 saturated heterocycles. The number of carbonyl (C=O) groups is 1. The second kappa shape index (κ2) is 3.01. The van der Waals surface area contributed by atoms with Crippen molar-refractivity contribution in [3.8, 4) is 0 Å². The van der Waals surface area contributed by atoms with Crippen LogP contribution in [0.25, 0.3) is 0 Å². The van der Waals surface area contributed by atoms with Crippen molar-refractivity contribution in [2.45, 2.75) is 13.3 Å². The van der Waals surface area contributed by atoms with Crippen LogP contribution in [-0.4, -0.2) is 24.2 Å². The van der Waals surface area contributed by atoms with E-state index in [9.17, 15) is 4.79 Å². The van der Waals surface area contributed by atoms with Gasteiger partial charge in [-0.05, 0) is 25.4 Å². The largest absolute Gasteiger partial charge is 0.481 e. The smallest absolute Gasteiger partial charge is 0.306 e. The number of aliphatic carboxylic acids is 1. The molecule has 1 aliphatic heterocycles. The SMILES string of the molecule is CC1CNCC[C@@H]1C(=O)O. The monoisotopic (exact) mass is 143 g/mol. The summed E-state index contributed by atoms with van der Waals surface area (Å²) in [5, 5.41) is 11.8. The fourth-order valence-corrected chi connectivity index (χ4v) is 1.38. The van der Waals surface area contributed by atoms with Crippen molar-refractivity contribution < 1.29 is 9.90 Å². The molecule has 0 radical (unpaired) electrons. The van der Waals surface area contributed by atoms with Gasteiger partial charge in [0.1, 0.15) is 0 Å². The van der Waals surface area contributed by atoms with Crippen LogP contribution in [-0.2, 0) is 4.79 Å². The van der Waals surface area contributed by atoms with Gasteiger partial charge in [0.15, 0.2) is 0 Å². The van der Waals surface area contributed by atoms with Gasteiger partial charge in [0.25, 0.3) is 0 Å². The minimum absolute atomic E-state index is 0.124. The Hall–Kier alpha value is -0.570. The van der Waals surface area contributed by atoms with Crippen molar-refractivity contribution >= 4 is 5.97 Å². The Balaban J connectivity index is 2.47. The van der Waals surface area contributed by atoms with Crippen LogP contribution in [0.5, 0.6) is 0 Å². The van der Waals surface area contributed by atoms with Crippen LogP contribution in [0, 0.1) is 11.8 Å². The molecule has 0 spiro atoms. The van der Waals surface area contributed by atoms with Crippen molar-refractivity contribution in [1.82, 2.24) is 5.32 Å². The van der Waals surface area contributed by atoms with E-state index in [-0.39, 0.29) is 11.8 Å². The van der Waals surface area contributed by atoms with Gasteiger partial charge in [-0.3, -0.25) is 4.79 Å². The van der Waals surface area contributed by atoms with Crippen molar-refractivity contribution in [3.05, 3.63) is 0 Å². The second-order valence-electron chi connectivity index (χ2n) is 2.91. The summed E-state index contributed by atoms with van der Waals surface area (Å²) in [6.07, 6.45) is 0.774. The molecule has 0 aromatic carbocycles. The van der Waals surface area contributed by atoms with Crippen LogP contribution in [0.3, 0.4) is 0 Å². The normalized spacial score (nSPS) is 33.7. The van der Waals surface area contributed by atoms with Gasteiger partial charge >= 0.3 is 5.97 Å². The third-order valence-corrected chi connectivity index (χ3v) is 2.10. The fourth-order valence-electron chi connectivity index (χ4n) is 1.38. The molecule has 0 saturated carbocycles. The molecule has 1 fully saturated rings. The fraction of sp³-hybridized carbons (Fsp3) is 0.857. The summed E-state index contributed by atoms with van der Waals surface area (Å²) < 4.78 is 0. The molecule has 3 nitrogen and oxygen atoms in total. The lowest BCUT2D eigenvalue weighted by Crippen LogP contribution is -2.38. The average Bonchev–Trinajstić information content (AvgIpc) is 1.88. The van der Waals surface area contributed by atoms with Gasteiger partial charge < -0.3 is 10.4 Å². The minimum atomic E-state index is -0.644. The summed E-state index contributed by atoms with van der Waals surface area (Å²) >= 11 is 0. The van der Waals surface area contributed by atoms with E-state index in [2.05, 4.69) is 5.32 Å². The first kappa shape index (κ1) is 7.54. The van der Waals surface area contributed by atoms with Crippen LogP contribution in [0.4, 0.5) is 0 Å². The van der Waals surface area contributed by atoms with E-state index in [1.54, 1.807) is 0 Å². The Morgan fingerprint density at radius 3 is 2.80 bits per heavy atom. The highest BCUT2D eigenvalue weighted by Gasteiger charge is 2.26. The third kappa shape index (κ3) is 1.48. The zero-order chi connectivity index (χ0) is 7.56. The zero-order valence-electron chi connectivity index (χ0n) is 6.13. The Bertz CT molecular complexity index is 136. The molecule has 0 aromatic heterocycles. The Labute approximate surface area is 60.4 Å². The van der Waals surface area contributed by atoms with Crippen molar-refractivity contribution in [2.75, 3.05) is 13.1 Å². The summed E-state index contributed by atoms with van der Waals surface area (Å²) in [5.41, 5.74) is 0. The molecular formula is C7H13NO2. The van der Waals surface area contributed by atoms with Gasteiger partial charge in [0, 0.05) is 0 Å². The molecule has 1 aliphatic rings. The molecule has 1 heterocycles. The van der Waals surface area contributed by atoms with Crippen molar-refractivity contribution in [3.63, 3.8) is 0 Å². The van der Waals surface area contributed by atoms with Crippen LogP contribution in [0.2, 0.25) is 0 Å². The lowest BCUT2D eigenvalue weighted by atomic mass is 9.88. The number of hydrogen-bond donors (Lipinski definition) is 2. The summed E-state index contributed by atoms with van der Waals surface area (Å²) in [5.74, 6) is -0.485. The highest BCUT2D eigenvalue weighted by Crippen LogP contribution is 2.17. The number of nitrogens with one attached hydrogen (secondary N) is 1. The molecule has 0 bridgehead atoms. The Morgan fingerprint density at radius 2 is 2.40 bits per heavy atom. The van der Waals surface area contributed by atoms with Crippen molar-refractivity contribution in [2.24, 2.45) is 11.8 Å². The van der Waals surface area contributed by atoms with E-state index < -0.39 is 5.97 Å². The molecular weight excluding hydrogens is 130 g/mol. The first-order valence-corrected chi connectivity index (χ1v) is 3.65. The predicted octanol–water partition coefficient (Wildman–Crippen LogP) is 0.317. The zero-order valence-corrected chi connectivity index (χ0v) is 6.13. The van der Waals surface area contributed by atoms with Gasteiger partial charge in [-0.1, -0.05) is 6.92 Å². The first-order chi connectivity index (χ1) is 4.72. The van der Waals surface area contributed by atoms with Crippen LogP contribution < -0.4 is 5.32 Å². The summed E-state index contributed by atoms with van der Waals surface area (Å²) in [7, 11) is 0. The van der Waals surface area contributed by atoms with Crippen LogP contribution in [0.15, 0.2) is 0 Å². The van der Waals surface area contributed by atoms with Crippen LogP contribution in [0.1, 0.15) is 13.3 Å². The molecule has 0 aromatic rings. The summed E-state index contributed by atoms with van der Waals surface area (Å²) in [6, 6.07) is 0. The highest BCUT2D eigenvalue weighted by atomic mass is 16.4. The summed E-state index contributed by atoms with van der Waals surface area (Å²) in [4.78, 5) is 10.5. The van der Waals surface area contributed by atoms with Crippen LogP contribution >= 0.6 is 0 Å². The topological polar surface area (TPSA) is 49.3 Å².